The summed E-state index contributed by atoms with van der Waals surface area (Å²) in [5.41, 5.74) is 1.46. The molecular formula is C17H21NO2. The van der Waals surface area contributed by atoms with Gasteiger partial charge in [-0.1, -0.05) is 6.42 Å². The minimum atomic E-state index is 0.0462. The summed E-state index contributed by atoms with van der Waals surface area (Å²) < 4.78 is 0. The summed E-state index contributed by atoms with van der Waals surface area (Å²) in [7, 11) is 0. The van der Waals surface area contributed by atoms with Gasteiger partial charge in [0, 0.05) is 17.7 Å². The molecule has 3 atom stereocenters. The van der Waals surface area contributed by atoms with Crippen molar-refractivity contribution < 1.29 is 9.59 Å². The van der Waals surface area contributed by atoms with Crippen LogP contribution in [-0.4, -0.2) is 11.7 Å². The molecule has 0 unspecified atom stereocenters. The average Bonchev–Trinajstić information content (AvgIpc) is 3.01. The lowest BCUT2D eigenvalue weighted by Crippen LogP contribution is -2.20. The molecule has 2 saturated carbocycles. The highest BCUT2D eigenvalue weighted by Crippen LogP contribution is 2.49. The zero-order valence-corrected chi connectivity index (χ0v) is 11.9. The van der Waals surface area contributed by atoms with Crippen molar-refractivity contribution in [2.45, 2.75) is 39.0 Å². The number of carbonyl (C=O) groups is 2. The van der Waals surface area contributed by atoms with Crippen LogP contribution in [-0.2, 0) is 4.79 Å². The predicted octanol–water partition coefficient (Wildman–Crippen LogP) is 3.65. The van der Waals surface area contributed by atoms with Gasteiger partial charge in [0.1, 0.15) is 0 Å². The van der Waals surface area contributed by atoms with Gasteiger partial charge in [-0.3, -0.25) is 9.59 Å². The van der Waals surface area contributed by atoms with Crippen LogP contribution in [0.1, 0.15) is 49.4 Å². The van der Waals surface area contributed by atoms with E-state index in [0.717, 1.165) is 17.5 Å². The monoisotopic (exact) mass is 271 g/mol. The SMILES string of the molecule is CC(=O)c1ccc(NC(=O)C[C@H]2C[C@H]3CC[C@H]2C3)cc1. The Morgan fingerprint density at radius 2 is 1.90 bits per heavy atom. The minimum Gasteiger partial charge on any atom is -0.326 e. The van der Waals surface area contributed by atoms with Gasteiger partial charge in [-0.05, 0) is 68.2 Å². The molecule has 1 aromatic rings. The molecule has 0 heterocycles. The summed E-state index contributed by atoms with van der Waals surface area (Å²) in [6.45, 7) is 1.54. The maximum Gasteiger partial charge on any atom is 0.224 e. The Hall–Kier alpha value is -1.64. The number of anilines is 1. The third kappa shape index (κ3) is 2.77. The van der Waals surface area contributed by atoms with Crippen molar-refractivity contribution in [3.05, 3.63) is 29.8 Å². The predicted molar refractivity (Wildman–Crippen MR) is 78.6 cm³/mol. The lowest BCUT2D eigenvalue weighted by Gasteiger charge is -2.20. The van der Waals surface area contributed by atoms with Gasteiger partial charge in [0.2, 0.25) is 5.91 Å². The third-order valence-corrected chi connectivity index (χ3v) is 4.91. The number of amides is 1. The Morgan fingerprint density at radius 1 is 1.15 bits per heavy atom. The number of nitrogens with one attached hydrogen (secondary N) is 1. The minimum absolute atomic E-state index is 0.0462. The molecule has 1 N–H and O–H groups in total. The number of carbonyl (C=O) groups excluding carboxylic acids is 2. The normalized spacial score (nSPS) is 27.6. The molecule has 0 saturated heterocycles. The first-order valence-corrected chi connectivity index (χ1v) is 7.52. The van der Waals surface area contributed by atoms with Crippen molar-refractivity contribution in [3.8, 4) is 0 Å². The van der Waals surface area contributed by atoms with E-state index < -0.39 is 0 Å². The number of fused-ring (bicyclic) bond motifs is 2. The Labute approximate surface area is 119 Å². The van der Waals surface area contributed by atoms with Gasteiger partial charge in [0.25, 0.3) is 0 Å². The standard InChI is InChI=1S/C17H21NO2/c1-11(19)13-4-6-16(7-5-13)18-17(20)10-15-9-12-2-3-14(15)8-12/h4-7,12,14-15H,2-3,8-10H2,1H3,(H,18,20)/t12-,14-,15+/m0/s1. The molecule has 3 heteroatoms. The van der Waals surface area contributed by atoms with Crippen molar-refractivity contribution in [1.82, 2.24) is 0 Å². The first-order chi connectivity index (χ1) is 9.61. The highest BCUT2D eigenvalue weighted by Gasteiger charge is 2.40. The number of hydrogen-bond acceptors (Lipinski definition) is 2. The zero-order valence-electron chi connectivity index (χ0n) is 11.9. The zero-order chi connectivity index (χ0) is 14.1. The lowest BCUT2D eigenvalue weighted by atomic mass is 9.86. The molecule has 0 aromatic heterocycles. The second-order valence-electron chi connectivity index (χ2n) is 6.32. The summed E-state index contributed by atoms with van der Waals surface area (Å²) in [6, 6.07) is 7.12. The Kier molecular flexibility index (Phi) is 3.60. The van der Waals surface area contributed by atoms with Crippen molar-refractivity contribution >= 4 is 17.4 Å². The topological polar surface area (TPSA) is 46.2 Å². The highest BCUT2D eigenvalue weighted by atomic mass is 16.1. The van der Waals surface area contributed by atoms with E-state index in [0.29, 0.717) is 17.9 Å². The van der Waals surface area contributed by atoms with E-state index in [4.69, 9.17) is 0 Å². The Balaban J connectivity index is 1.55. The van der Waals surface area contributed by atoms with Crippen molar-refractivity contribution in [1.29, 1.82) is 0 Å². The summed E-state index contributed by atoms with van der Waals surface area (Å²) in [5.74, 6) is 2.41. The van der Waals surface area contributed by atoms with Gasteiger partial charge < -0.3 is 5.32 Å². The van der Waals surface area contributed by atoms with Crippen LogP contribution < -0.4 is 5.32 Å². The molecule has 1 amide bonds. The molecule has 20 heavy (non-hydrogen) atoms. The highest BCUT2D eigenvalue weighted by molar-refractivity contribution is 5.95. The fraction of sp³-hybridized carbons (Fsp3) is 0.529. The largest absolute Gasteiger partial charge is 0.326 e. The van der Waals surface area contributed by atoms with Crippen LogP contribution in [0, 0.1) is 17.8 Å². The molecule has 0 aliphatic heterocycles. The molecular weight excluding hydrogens is 250 g/mol. The molecule has 106 valence electrons. The van der Waals surface area contributed by atoms with E-state index in [1.165, 1.54) is 25.7 Å². The van der Waals surface area contributed by atoms with Gasteiger partial charge in [-0.2, -0.15) is 0 Å². The van der Waals surface area contributed by atoms with Gasteiger partial charge in [0.05, 0.1) is 0 Å². The number of Topliss-reactive ketones (excluding diaryl/α,β-unsaturated/α-hetero) is 1. The van der Waals surface area contributed by atoms with E-state index in [1.807, 2.05) is 0 Å². The number of benzene rings is 1. The van der Waals surface area contributed by atoms with Crippen molar-refractivity contribution in [2.24, 2.45) is 17.8 Å². The molecule has 3 nitrogen and oxygen atoms in total. The van der Waals surface area contributed by atoms with Crippen LogP contribution in [0.4, 0.5) is 5.69 Å². The van der Waals surface area contributed by atoms with E-state index in [1.54, 1.807) is 31.2 Å². The molecule has 0 spiro atoms. The quantitative estimate of drug-likeness (QED) is 0.850. The summed E-state index contributed by atoms with van der Waals surface area (Å²) in [5, 5.41) is 2.94. The van der Waals surface area contributed by atoms with Crippen LogP contribution >= 0.6 is 0 Å². The molecule has 2 aliphatic carbocycles. The summed E-state index contributed by atoms with van der Waals surface area (Å²) in [6.07, 6.45) is 5.91. The Bertz CT molecular complexity index is 520. The van der Waals surface area contributed by atoms with Crippen molar-refractivity contribution in [2.75, 3.05) is 5.32 Å². The second-order valence-corrected chi connectivity index (χ2v) is 6.32. The van der Waals surface area contributed by atoms with Crippen molar-refractivity contribution in [3.63, 3.8) is 0 Å². The van der Waals surface area contributed by atoms with Gasteiger partial charge >= 0.3 is 0 Å². The summed E-state index contributed by atoms with van der Waals surface area (Å²) in [4.78, 5) is 23.3. The fourth-order valence-corrected chi connectivity index (χ4v) is 3.86. The molecule has 2 fully saturated rings. The number of rotatable bonds is 4. The number of ketones is 1. The van der Waals surface area contributed by atoms with E-state index in [2.05, 4.69) is 5.32 Å². The van der Waals surface area contributed by atoms with E-state index >= 15 is 0 Å². The van der Waals surface area contributed by atoms with Crippen LogP contribution in [0.5, 0.6) is 0 Å². The van der Waals surface area contributed by atoms with Crippen LogP contribution in [0.15, 0.2) is 24.3 Å². The molecule has 3 rings (SSSR count). The van der Waals surface area contributed by atoms with Crippen LogP contribution in [0.25, 0.3) is 0 Å². The lowest BCUT2D eigenvalue weighted by molar-refractivity contribution is -0.117. The second kappa shape index (κ2) is 5.39. The third-order valence-electron chi connectivity index (χ3n) is 4.91. The van der Waals surface area contributed by atoms with Gasteiger partial charge in [-0.15, -0.1) is 0 Å². The first-order valence-electron chi connectivity index (χ1n) is 7.52. The van der Waals surface area contributed by atoms with E-state index in [9.17, 15) is 9.59 Å². The Morgan fingerprint density at radius 3 is 2.45 bits per heavy atom. The molecule has 2 aliphatic rings. The molecule has 0 radical (unpaired) electrons. The first kappa shape index (κ1) is 13.3. The maximum absolute atomic E-state index is 12.1. The summed E-state index contributed by atoms with van der Waals surface area (Å²) >= 11 is 0. The van der Waals surface area contributed by atoms with Crippen LogP contribution in [0.2, 0.25) is 0 Å². The average molecular weight is 271 g/mol. The molecule has 2 bridgehead atoms. The smallest absolute Gasteiger partial charge is 0.224 e. The number of hydrogen-bond donors (Lipinski definition) is 1. The fourth-order valence-electron chi connectivity index (χ4n) is 3.86. The van der Waals surface area contributed by atoms with Gasteiger partial charge in [-0.25, -0.2) is 0 Å². The van der Waals surface area contributed by atoms with E-state index in [-0.39, 0.29) is 11.7 Å². The molecule has 1 aromatic carbocycles. The maximum atomic E-state index is 12.1. The van der Waals surface area contributed by atoms with Gasteiger partial charge in [0.15, 0.2) is 5.78 Å². The van der Waals surface area contributed by atoms with Crippen LogP contribution in [0.3, 0.4) is 0 Å².